The molecule has 0 bridgehead atoms. The third-order valence-corrected chi connectivity index (χ3v) is 3.80. The van der Waals surface area contributed by atoms with Crippen LogP contribution in [0.3, 0.4) is 0 Å². The van der Waals surface area contributed by atoms with Gasteiger partial charge in [0.05, 0.1) is 18.5 Å². The molecule has 23 heavy (non-hydrogen) atoms. The summed E-state index contributed by atoms with van der Waals surface area (Å²) in [6, 6.07) is 12.3. The van der Waals surface area contributed by atoms with Gasteiger partial charge in [0.25, 0.3) is 5.91 Å². The molecule has 3 rings (SSSR count). The Labute approximate surface area is 136 Å². The van der Waals surface area contributed by atoms with Crippen LogP contribution in [0.5, 0.6) is 0 Å². The molecule has 0 radical (unpaired) electrons. The lowest BCUT2D eigenvalue weighted by Gasteiger charge is -2.07. The van der Waals surface area contributed by atoms with Crippen LogP contribution < -0.4 is 5.32 Å². The maximum absolute atomic E-state index is 12.5. The van der Waals surface area contributed by atoms with E-state index >= 15 is 0 Å². The maximum Gasteiger partial charge on any atom is 0.358 e. The van der Waals surface area contributed by atoms with Crippen molar-refractivity contribution in [3.05, 3.63) is 64.6 Å². The van der Waals surface area contributed by atoms with Gasteiger partial charge in [-0.2, -0.15) is 16.4 Å². The van der Waals surface area contributed by atoms with Gasteiger partial charge in [0.1, 0.15) is 5.69 Å². The summed E-state index contributed by atoms with van der Waals surface area (Å²) in [7, 11) is 1.27. The summed E-state index contributed by atoms with van der Waals surface area (Å²) in [6.07, 6.45) is 0. The van der Waals surface area contributed by atoms with Gasteiger partial charge in [-0.05, 0) is 23.6 Å². The van der Waals surface area contributed by atoms with E-state index in [9.17, 15) is 9.59 Å². The number of ether oxygens (including phenoxy) is 1. The minimum absolute atomic E-state index is 0.0758. The van der Waals surface area contributed by atoms with E-state index < -0.39 is 5.97 Å². The number of thiophene rings is 1. The first-order chi connectivity index (χ1) is 11.2. The number of carbonyl (C=O) groups excluding carboxylic acids is 2. The van der Waals surface area contributed by atoms with Crippen molar-refractivity contribution < 1.29 is 14.3 Å². The zero-order chi connectivity index (χ0) is 16.2. The summed E-state index contributed by atoms with van der Waals surface area (Å²) in [5.74, 6) is -0.945. The quantitative estimate of drug-likeness (QED) is 0.748. The number of carbonyl (C=O) groups is 2. The van der Waals surface area contributed by atoms with E-state index in [-0.39, 0.29) is 17.3 Å². The van der Waals surface area contributed by atoms with Crippen LogP contribution in [-0.4, -0.2) is 28.8 Å². The topological polar surface area (TPSA) is 73.2 Å². The summed E-state index contributed by atoms with van der Waals surface area (Å²) in [5, 5.41) is 10.6. The third kappa shape index (κ3) is 3.14. The molecule has 7 heteroatoms. The molecule has 0 aliphatic rings. The average Bonchev–Trinajstić information content (AvgIpc) is 3.24. The number of rotatable bonds is 4. The molecular weight excluding hydrogens is 314 g/mol. The van der Waals surface area contributed by atoms with Crippen LogP contribution in [0.15, 0.2) is 53.2 Å². The van der Waals surface area contributed by atoms with Crippen LogP contribution in [-0.2, 0) is 4.74 Å². The molecule has 3 aromatic rings. The Kier molecular flexibility index (Phi) is 4.20. The normalized spacial score (nSPS) is 10.3. The number of amides is 1. The first kappa shape index (κ1) is 15.0. The molecule has 0 fully saturated rings. The van der Waals surface area contributed by atoms with Crippen LogP contribution in [0, 0.1) is 0 Å². The second-order valence-corrected chi connectivity index (χ2v) is 5.40. The number of nitrogens with zero attached hydrogens (tertiary/aromatic N) is 2. The van der Waals surface area contributed by atoms with Crippen molar-refractivity contribution >= 4 is 28.9 Å². The highest BCUT2D eigenvalue weighted by atomic mass is 32.1. The van der Waals surface area contributed by atoms with Crippen molar-refractivity contribution in [2.45, 2.75) is 0 Å². The van der Waals surface area contributed by atoms with Crippen molar-refractivity contribution in [3.63, 3.8) is 0 Å². The molecule has 6 nitrogen and oxygen atoms in total. The Bertz CT molecular complexity index is 826. The van der Waals surface area contributed by atoms with E-state index in [2.05, 4.69) is 15.2 Å². The smallest absolute Gasteiger partial charge is 0.358 e. The molecule has 116 valence electrons. The number of benzene rings is 1. The molecule has 1 amide bonds. The standard InChI is InChI=1S/C16H13N3O3S/c1-22-16(21)13-9-14(15(20)17-11-7-8-23-10-11)19(18-13)12-5-3-2-4-6-12/h2-10H,1H3,(H,17,20). The number of anilines is 1. The van der Waals surface area contributed by atoms with Crippen molar-refractivity contribution in [2.75, 3.05) is 12.4 Å². The van der Waals surface area contributed by atoms with Crippen molar-refractivity contribution in [1.29, 1.82) is 0 Å². The van der Waals surface area contributed by atoms with Crippen LogP contribution in [0.2, 0.25) is 0 Å². The lowest BCUT2D eigenvalue weighted by molar-refractivity contribution is 0.0593. The lowest BCUT2D eigenvalue weighted by atomic mass is 10.3. The molecule has 0 saturated heterocycles. The van der Waals surface area contributed by atoms with Crippen LogP contribution in [0.25, 0.3) is 5.69 Å². The Hall–Kier alpha value is -2.93. The molecule has 0 aliphatic heterocycles. The van der Waals surface area contributed by atoms with Crippen LogP contribution in [0.4, 0.5) is 5.69 Å². The molecular formula is C16H13N3O3S. The van der Waals surface area contributed by atoms with Crippen molar-refractivity contribution in [1.82, 2.24) is 9.78 Å². The Morgan fingerprint density at radius 3 is 2.65 bits per heavy atom. The predicted octanol–water partition coefficient (Wildman–Crippen LogP) is 2.97. The molecule has 2 heterocycles. The summed E-state index contributed by atoms with van der Waals surface area (Å²) in [6.45, 7) is 0. The van der Waals surface area contributed by atoms with E-state index in [0.717, 1.165) is 0 Å². The molecule has 0 atom stereocenters. The molecule has 1 aromatic carbocycles. The van der Waals surface area contributed by atoms with E-state index in [1.54, 1.807) is 18.2 Å². The van der Waals surface area contributed by atoms with Crippen LogP contribution >= 0.6 is 11.3 Å². The predicted molar refractivity (Wildman–Crippen MR) is 87.2 cm³/mol. The maximum atomic E-state index is 12.5. The molecule has 2 aromatic heterocycles. The molecule has 0 spiro atoms. The van der Waals surface area contributed by atoms with Crippen molar-refractivity contribution in [3.8, 4) is 5.69 Å². The fourth-order valence-electron chi connectivity index (χ4n) is 2.04. The molecule has 0 unspecified atom stereocenters. The molecule has 0 aliphatic carbocycles. The van der Waals surface area contributed by atoms with Gasteiger partial charge in [0, 0.05) is 11.4 Å². The largest absolute Gasteiger partial charge is 0.464 e. The fourth-order valence-corrected chi connectivity index (χ4v) is 2.63. The highest BCUT2D eigenvalue weighted by Crippen LogP contribution is 2.17. The first-order valence-corrected chi connectivity index (χ1v) is 7.70. The Morgan fingerprint density at radius 2 is 2.00 bits per heavy atom. The van der Waals surface area contributed by atoms with E-state index in [4.69, 9.17) is 0 Å². The third-order valence-electron chi connectivity index (χ3n) is 3.12. The monoisotopic (exact) mass is 327 g/mol. The number of aromatic nitrogens is 2. The Balaban J connectivity index is 2.01. The van der Waals surface area contributed by atoms with Gasteiger partial charge in [-0.3, -0.25) is 4.79 Å². The van der Waals surface area contributed by atoms with Gasteiger partial charge < -0.3 is 10.1 Å². The van der Waals surface area contributed by atoms with E-state index in [0.29, 0.717) is 11.4 Å². The summed E-state index contributed by atoms with van der Waals surface area (Å²) >= 11 is 1.48. The summed E-state index contributed by atoms with van der Waals surface area (Å²) in [5.41, 5.74) is 1.70. The first-order valence-electron chi connectivity index (χ1n) is 6.76. The number of esters is 1. The number of methoxy groups -OCH3 is 1. The summed E-state index contributed by atoms with van der Waals surface area (Å²) in [4.78, 5) is 24.2. The molecule has 1 N–H and O–H groups in total. The zero-order valence-electron chi connectivity index (χ0n) is 12.2. The highest BCUT2D eigenvalue weighted by Gasteiger charge is 2.20. The number of hydrogen-bond donors (Lipinski definition) is 1. The zero-order valence-corrected chi connectivity index (χ0v) is 13.0. The van der Waals surface area contributed by atoms with Crippen LogP contribution in [0.1, 0.15) is 21.0 Å². The average molecular weight is 327 g/mol. The summed E-state index contributed by atoms with van der Waals surface area (Å²) < 4.78 is 6.11. The van der Waals surface area contributed by atoms with Gasteiger partial charge >= 0.3 is 5.97 Å². The minimum Gasteiger partial charge on any atom is -0.464 e. The second-order valence-electron chi connectivity index (χ2n) is 4.62. The fraction of sp³-hybridized carbons (Fsp3) is 0.0625. The number of para-hydroxylation sites is 1. The number of hydrogen-bond acceptors (Lipinski definition) is 5. The second kappa shape index (κ2) is 6.45. The van der Waals surface area contributed by atoms with Gasteiger partial charge in [0.15, 0.2) is 5.69 Å². The van der Waals surface area contributed by atoms with Gasteiger partial charge in [0.2, 0.25) is 0 Å². The van der Waals surface area contributed by atoms with E-state index in [1.165, 1.54) is 29.2 Å². The van der Waals surface area contributed by atoms with E-state index in [1.807, 2.05) is 29.0 Å². The van der Waals surface area contributed by atoms with Gasteiger partial charge in [-0.25, -0.2) is 9.48 Å². The lowest BCUT2D eigenvalue weighted by Crippen LogP contribution is -2.16. The van der Waals surface area contributed by atoms with Gasteiger partial charge in [-0.1, -0.05) is 18.2 Å². The number of nitrogens with one attached hydrogen (secondary N) is 1. The Morgan fingerprint density at radius 1 is 1.22 bits per heavy atom. The highest BCUT2D eigenvalue weighted by molar-refractivity contribution is 7.08. The minimum atomic E-state index is -0.593. The SMILES string of the molecule is COC(=O)c1cc(C(=O)Nc2ccsc2)n(-c2ccccc2)n1. The van der Waals surface area contributed by atoms with Crippen molar-refractivity contribution in [2.24, 2.45) is 0 Å². The molecule has 0 saturated carbocycles. The van der Waals surface area contributed by atoms with Gasteiger partial charge in [-0.15, -0.1) is 0 Å².